The Morgan fingerprint density at radius 1 is 1.11 bits per heavy atom. The minimum atomic E-state index is 0.0213. The molecule has 1 unspecified atom stereocenters. The van der Waals surface area contributed by atoms with Crippen LogP contribution in [0.1, 0.15) is 74.4 Å². The first-order valence-corrected chi connectivity index (χ1v) is 11.0. The molecule has 152 valence electrons. The predicted octanol–water partition coefficient (Wildman–Crippen LogP) is 7.72. The van der Waals surface area contributed by atoms with Gasteiger partial charge in [-0.2, -0.15) is 0 Å². The fraction of sp³-hybridized carbons (Fsp3) is 0.520. The smallest absolute Gasteiger partial charge is 0.0642 e. The average Bonchev–Trinajstić information content (AvgIpc) is 2.68. The lowest BCUT2D eigenvalue weighted by atomic mass is 9.57. The van der Waals surface area contributed by atoms with E-state index in [-0.39, 0.29) is 11.3 Å². The quantitative estimate of drug-likeness (QED) is 0.492. The van der Waals surface area contributed by atoms with Gasteiger partial charge in [-0.1, -0.05) is 69.1 Å². The third-order valence-electron chi connectivity index (χ3n) is 7.33. The number of nitrogens with zero attached hydrogens (tertiary/aromatic N) is 1. The highest BCUT2D eigenvalue weighted by Gasteiger charge is 2.48. The van der Waals surface area contributed by atoms with Crippen molar-refractivity contribution in [2.24, 2.45) is 11.3 Å². The van der Waals surface area contributed by atoms with E-state index < -0.39 is 0 Å². The molecule has 0 bridgehead atoms. The maximum atomic E-state index is 8.87. The number of benzene rings is 2. The number of aryl methyl sites for hydroxylation is 1. The standard InChI is InChI=1S/C25H33Cl2N/c1-9-28(8)24-21-14(2)11-10-12-18(21)22(17(5)25(24,6)7)19-13-20(26)23(27)16(4)15(19)3/h10-13,17,22,24H,9H2,1-8H3/t17?,22-,24-/m1/s1/i13D. The highest BCUT2D eigenvalue weighted by atomic mass is 35.5. The van der Waals surface area contributed by atoms with E-state index in [1.165, 1.54) is 16.7 Å². The molecule has 0 aromatic heterocycles. The minimum absolute atomic E-state index is 0.0213. The Kier molecular flexibility index (Phi) is 5.55. The third kappa shape index (κ3) is 3.20. The van der Waals surface area contributed by atoms with Crippen molar-refractivity contribution in [3.8, 4) is 0 Å². The molecule has 0 radical (unpaired) electrons. The number of rotatable bonds is 3. The van der Waals surface area contributed by atoms with E-state index in [0.717, 1.165) is 23.2 Å². The number of hydrogen-bond donors (Lipinski definition) is 0. The van der Waals surface area contributed by atoms with Gasteiger partial charge in [0, 0.05) is 12.0 Å². The molecule has 2 aromatic rings. The summed E-state index contributed by atoms with van der Waals surface area (Å²) in [6.45, 7) is 16.6. The monoisotopic (exact) mass is 418 g/mol. The highest BCUT2D eigenvalue weighted by Crippen LogP contribution is 2.58. The Bertz CT molecular complexity index is 921. The lowest BCUT2D eigenvalue weighted by molar-refractivity contribution is 0.0444. The number of hydrogen-bond acceptors (Lipinski definition) is 1. The molecule has 0 spiro atoms. The van der Waals surface area contributed by atoms with Gasteiger partial charge in [-0.3, -0.25) is 4.90 Å². The van der Waals surface area contributed by atoms with Crippen molar-refractivity contribution in [2.75, 3.05) is 13.6 Å². The Labute approximate surface area is 182 Å². The van der Waals surface area contributed by atoms with Crippen molar-refractivity contribution < 1.29 is 1.37 Å². The van der Waals surface area contributed by atoms with Crippen LogP contribution in [0, 0.1) is 32.1 Å². The van der Waals surface area contributed by atoms with Crippen LogP contribution in [0.3, 0.4) is 0 Å². The molecule has 0 N–H and O–H groups in total. The Hall–Kier alpha value is -1.02. The van der Waals surface area contributed by atoms with Gasteiger partial charge in [0.25, 0.3) is 0 Å². The summed E-state index contributed by atoms with van der Waals surface area (Å²) in [6, 6.07) is 7.33. The second-order valence-electron chi connectivity index (χ2n) is 9.06. The van der Waals surface area contributed by atoms with Crippen LogP contribution < -0.4 is 0 Å². The van der Waals surface area contributed by atoms with E-state index in [1.54, 1.807) is 0 Å². The van der Waals surface area contributed by atoms with Crippen molar-refractivity contribution in [3.05, 3.63) is 67.7 Å². The molecule has 28 heavy (non-hydrogen) atoms. The van der Waals surface area contributed by atoms with Gasteiger partial charge in [0.2, 0.25) is 0 Å². The summed E-state index contributed by atoms with van der Waals surface area (Å²) in [5.74, 6) is 0.442. The van der Waals surface area contributed by atoms with Crippen molar-refractivity contribution in [1.82, 2.24) is 4.90 Å². The lowest BCUT2D eigenvalue weighted by Crippen LogP contribution is -2.46. The summed E-state index contributed by atoms with van der Waals surface area (Å²) in [4.78, 5) is 2.47. The third-order valence-corrected chi connectivity index (χ3v) is 8.18. The average molecular weight is 419 g/mol. The SMILES string of the molecule is [2H]c1c(Cl)c(Cl)c(C)c(C)c1[C@H]1c2cccc(C)c2[C@@H](N(C)CC)C(C)(C)C1C. The largest absolute Gasteiger partial charge is 0.299 e. The van der Waals surface area contributed by atoms with Crippen LogP contribution in [-0.4, -0.2) is 18.5 Å². The molecule has 0 saturated carbocycles. The number of halogens is 2. The van der Waals surface area contributed by atoms with E-state index in [4.69, 9.17) is 24.6 Å². The molecule has 1 aliphatic rings. The van der Waals surface area contributed by atoms with Gasteiger partial charge in [0.1, 0.15) is 0 Å². The van der Waals surface area contributed by atoms with Crippen LogP contribution >= 0.6 is 23.2 Å². The van der Waals surface area contributed by atoms with E-state index >= 15 is 0 Å². The van der Waals surface area contributed by atoms with Crippen LogP contribution in [0.2, 0.25) is 10.0 Å². The van der Waals surface area contributed by atoms with Gasteiger partial charge in [0.15, 0.2) is 0 Å². The summed E-state index contributed by atoms with van der Waals surface area (Å²) in [7, 11) is 2.22. The normalized spacial score (nSPS) is 24.2. The van der Waals surface area contributed by atoms with E-state index in [0.29, 0.717) is 28.0 Å². The lowest BCUT2D eigenvalue weighted by Gasteiger charge is -2.53. The predicted molar refractivity (Wildman–Crippen MR) is 123 cm³/mol. The molecule has 0 saturated heterocycles. The Balaban J connectivity index is 2.40. The molecule has 1 nitrogen and oxygen atoms in total. The van der Waals surface area contributed by atoms with Gasteiger partial charge < -0.3 is 0 Å². The number of fused-ring (bicyclic) bond motifs is 1. The van der Waals surface area contributed by atoms with Gasteiger partial charge in [0.05, 0.1) is 11.4 Å². The van der Waals surface area contributed by atoms with Crippen molar-refractivity contribution >= 4 is 23.2 Å². The molecule has 3 atom stereocenters. The van der Waals surface area contributed by atoms with Crippen molar-refractivity contribution in [2.45, 2.75) is 60.4 Å². The van der Waals surface area contributed by atoms with Crippen LogP contribution in [0.25, 0.3) is 0 Å². The Morgan fingerprint density at radius 2 is 1.75 bits per heavy atom. The van der Waals surface area contributed by atoms with E-state index in [2.05, 4.69) is 71.7 Å². The molecular weight excluding hydrogens is 385 g/mol. The van der Waals surface area contributed by atoms with Gasteiger partial charge in [-0.15, -0.1) is 0 Å². The molecule has 3 heteroatoms. The maximum absolute atomic E-state index is 8.87. The summed E-state index contributed by atoms with van der Waals surface area (Å²) < 4.78 is 8.87. The van der Waals surface area contributed by atoms with Crippen LogP contribution in [0.15, 0.2) is 24.2 Å². The molecule has 2 aromatic carbocycles. The first-order valence-electron chi connectivity index (χ1n) is 10.7. The first-order chi connectivity index (χ1) is 13.5. The molecule has 0 heterocycles. The zero-order valence-corrected chi connectivity index (χ0v) is 19.9. The van der Waals surface area contributed by atoms with Crippen molar-refractivity contribution in [1.29, 1.82) is 0 Å². The van der Waals surface area contributed by atoms with Gasteiger partial charge in [-0.05, 0) is 85.1 Å². The van der Waals surface area contributed by atoms with E-state index in [1.807, 2.05) is 6.92 Å². The summed E-state index contributed by atoms with van der Waals surface area (Å²) >= 11 is 13.0. The maximum Gasteiger partial charge on any atom is 0.0642 e. The van der Waals surface area contributed by atoms with Crippen LogP contribution in [0.4, 0.5) is 0 Å². The fourth-order valence-electron chi connectivity index (χ4n) is 5.15. The second kappa shape index (κ2) is 7.67. The van der Waals surface area contributed by atoms with Gasteiger partial charge in [-0.25, -0.2) is 0 Å². The first kappa shape index (κ1) is 20.3. The minimum Gasteiger partial charge on any atom is -0.299 e. The van der Waals surface area contributed by atoms with E-state index in [9.17, 15) is 0 Å². The van der Waals surface area contributed by atoms with Crippen LogP contribution in [0.5, 0.6) is 0 Å². The molecule has 0 amide bonds. The van der Waals surface area contributed by atoms with Gasteiger partial charge >= 0.3 is 0 Å². The van der Waals surface area contributed by atoms with Crippen molar-refractivity contribution in [3.63, 3.8) is 0 Å². The van der Waals surface area contributed by atoms with Crippen LogP contribution in [-0.2, 0) is 0 Å². The summed E-state index contributed by atoms with van der Waals surface area (Å²) in [5.41, 5.74) is 7.18. The topological polar surface area (TPSA) is 3.24 Å². The zero-order valence-electron chi connectivity index (χ0n) is 19.4. The second-order valence-corrected chi connectivity index (χ2v) is 9.81. The molecule has 3 rings (SSSR count). The molecule has 0 aliphatic heterocycles. The zero-order chi connectivity index (χ0) is 21.8. The summed E-state index contributed by atoms with van der Waals surface area (Å²) in [6.07, 6.45) is 0. The molecular formula is C25H33Cl2N. The highest BCUT2D eigenvalue weighted by molar-refractivity contribution is 6.42. The molecule has 1 aliphatic carbocycles. The summed E-state index contributed by atoms with van der Waals surface area (Å²) in [5, 5.41) is 0.880. The fourth-order valence-corrected chi connectivity index (χ4v) is 5.59. The molecule has 0 fully saturated rings. The Morgan fingerprint density at radius 3 is 2.36 bits per heavy atom.